The van der Waals surface area contributed by atoms with Gasteiger partial charge in [-0.05, 0) is 18.3 Å². The smallest absolute Gasteiger partial charge is 0.326 e. The van der Waals surface area contributed by atoms with Crippen LogP contribution in [0.5, 0.6) is 0 Å². The van der Waals surface area contributed by atoms with E-state index in [0.717, 1.165) is 25.9 Å². The molecule has 0 saturated carbocycles. The number of carbonyl (C=O) groups is 3. The first kappa shape index (κ1) is 17.3. The van der Waals surface area contributed by atoms with Crippen molar-refractivity contribution in [2.75, 3.05) is 26.7 Å². The highest BCUT2D eigenvalue weighted by Crippen LogP contribution is 2.19. The van der Waals surface area contributed by atoms with Gasteiger partial charge in [-0.2, -0.15) is 0 Å². The second-order valence-corrected chi connectivity index (χ2v) is 6.53. The van der Waals surface area contributed by atoms with Gasteiger partial charge in [-0.3, -0.25) is 4.79 Å². The van der Waals surface area contributed by atoms with E-state index in [9.17, 15) is 19.5 Å². The van der Waals surface area contributed by atoms with Crippen molar-refractivity contribution >= 4 is 17.9 Å². The van der Waals surface area contributed by atoms with Gasteiger partial charge < -0.3 is 20.2 Å². The molecule has 0 aromatic rings. The summed E-state index contributed by atoms with van der Waals surface area (Å²) in [5.41, 5.74) is -0.610. The lowest BCUT2D eigenvalue weighted by Crippen LogP contribution is -2.53. The standard InChI is InChI=1S/C14H25N3O4/c1-14(2,3)11(12(19)20)15-13(21)16(4)9-10(18)17-7-5-6-8-17/h11H,5-9H2,1-4H3,(H,15,21)(H,19,20)/t11-/m0/s1. The SMILES string of the molecule is CN(CC(=O)N1CCCC1)C(=O)N[C@@H](C(=O)O)C(C)(C)C. The molecule has 0 aromatic carbocycles. The Kier molecular flexibility index (Phi) is 5.57. The zero-order valence-corrected chi connectivity index (χ0v) is 13.2. The Morgan fingerprint density at radius 1 is 1.24 bits per heavy atom. The maximum atomic E-state index is 12.0. The van der Waals surface area contributed by atoms with Gasteiger partial charge >= 0.3 is 12.0 Å². The maximum Gasteiger partial charge on any atom is 0.326 e. The van der Waals surface area contributed by atoms with Gasteiger partial charge in [0.25, 0.3) is 0 Å². The number of likely N-dealkylation sites (N-methyl/N-ethyl adjacent to an activating group) is 1. The van der Waals surface area contributed by atoms with E-state index in [4.69, 9.17) is 0 Å². The molecule has 1 saturated heterocycles. The molecule has 2 N–H and O–H groups in total. The van der Waals surface area contributed by atoms with Crippen LogP contribution in [0.4, 0.5) is 4.79 Å². The van der Waals surface area contributed by atoms with Crippen molar-refractivity contribution in [2.24, 2.45) is 5.41 Å². The van der Waals surface area contributed by atoms with E-state index < -0.39 is 23.5 Å². The highest BCUT2D eigenvalue weighted by atomic mass is 16.4. The molecule has 0 aromatic heterocycles. The van der Waals surface area contributed by atoms with Gasteiger partial charge in [0, 0.05) is 20.1 Å². The van der Waals surface area contributed by atoms with E-state index >= 15 is 0 Å². The predicted octanol–water partition coefficient (Wildman–Crippen LogP) is 0.750. The van der Waals surface area contributed by atoms with Gasteiger partial charge in [-0.1, -0.05) is 20.8 Å². The molecular weight excluding hydrogens is 274 g/mol. The van der Waals surface area contributed by atoms with Crippen LogP contribution in [0.15, 0.2) is 0 Å². The number of carboxylic acids is 1. The molecule has 0 bridgehead atoms. The number of carbonyl (C=O) groups excluding carboxylic acids is 2. The molecule has 0 radical (unpaired) electrons. The van der Waals surface area contributed by atoms with Crippen LogP contribution in [-0.2, 0) is 9.59 Å². The molecule has 0 unspecified atom stereocenters. The Labute approximate surface area is 125 Å². The summed E-state index contributed by atoms with van der Waals surface area (Å²) in [7, 11) is 1.49. The number of likely N-dealkylation sites (tertiary alicyclic amines) is 1. The normalized spacial score (nSPS) is 16.5. The minimum Gasteiger partial charge on any atom is -0.480 e. The third-order valence-electron chi connectivity index (χ3n) is 3.56. The van der Waals surface area contributed by atoms with E-state index in [0.29, 0.717) is 0 Å². The molecule has 3 amide bonds. The van der Waals surface area contributed by atoms with Gasteiger partial charge in [-0.25, -0.2) is 9.59 Å². The molecule has 1 aliphatic heterocycles. The summed E-state index contributed by atoms with van der Waals surface area (Å²) >= 11 is 0. The summed E-state index contributed by atoms with van der Waals surface area (Å²) in [5.74, 6) is -1.19. The predicted molar refractivity (Wildman–Crippen MR) is 77.9 cm³/mol. The van der Waals surface area contributed by atoms with Gasteiger partial charge in [0.2, 0.25) is 5.91 Å². The Morgan fingerprint density at radius 3 is 2.19 bits per heavy atom. The summed E-state index contributed by atoms with van der Waals surface area (Å²) in [6.45, 7) is 6.63. The van der Waals surface area contributed by atoms with E-state index in [1.165, 1.54) is 11.9 Å². The Morgan fingerprint density at radius 2 is 1.76 bits per heavy atom. The number of nitrogens with zero attached hydrogens (tertiary/aromatic N) is 2. The molecule has 1 fully saturated rings. The van der Waals surface area contributed by atoms with Gasteiger partial charge in [0.05, 0.1) is 0 Å². The molecule has 1 rings (SSSR count). The maximum absolute atomic E-state index is 12.0. The first-order chi connectivity index (χ1) is 9.62. The van der Waals surface area contributed by atoms with Crippen LogP contribution in [0.25, 0.3) is 0 Å². The van der Waals surface area contributed by atoms with E-state index in [1.807, 2.05) is 0 Å². The highest BCUT2D eigenvalue weighted by Gasteiger charge is 2.33. The number of carboxylic acid groups (broad SMARTS) is 1. The fraction of sp³-hybridized carbons (Fsp3) is 0.786. The molecular formula is C14H25N3O4. The molecule has 0 spiro atoms. The highest BCUT2D eigenvalue weighted by molar-refractivity contribution is 5.87. The first-order valence-corrected chi connectivity index (χ1v) is 7.15. The summed E-state index contributed by atoms with van der Waals surface area (Å²) in [5, 5.41) is 11.7. The fourth-order valence-corrected chi connectivity index (χ4v) is 2.22. The monoisotopic (exact) mass is 299 g/mol. The van der Waals surface area contributed by atoms with Crippen LogP contribution in [-0.4, -0.2) is 65.5 Å². The van der Waals surface area contributed by atoms with Gasteiger partial charge in [-0.15, -0.1) is 0 Å². The van der Waals surface area contributed by atoms with Crippen molar-refractivity contribution in [3.05, 3.63) is 0 Å². The quantitative estimate of drug-likeness (QED) is 0.801. The minimum atomic E-state index is -1.09. The topological polar surface area (TPSA) is 90.0 Å². The zero-order valence-electron chi connectivity index (χ0n) is 13.2. The Bertz CT molecular complexity index is 411. The van der Waals surface area contributed by atoms with Crippen LogP contribution in [0.3, 0.4) is 0 Å². The van der Waals surface area contributed by atoms with Crippen molar-refractivity contribution in [2.45, 2.75) is 39.7 Å². The molecule has 21 heavy (non-hydrogen) atoms. The number of amides is 3. The molecule has 1 aliphatic rings. The van der Waals surface area contributed by atoms with Gasteiger partial charge in [0.1, 0.15) is 12.6 Å². The third kappa shape index (κ3) is 4.91. The largest absolute Gasteiger partial charge is 0.480 e. The zero-order chi connectivity index (χ0) is 16.2. The molecule has 120 valence electrons. The lowest BCUT2D eigenvalue weighted by atomic mass is 9.87. The van der Waals surface area contributed by atoms with Crippen LogP contribution < -0.4 is 5.32 Å². The van der Waals surface area contributed by atoms with Crippen molar-refractivity contribution in [3.8, 4) is 0 Å². The van der Waals surface area contributed by atoms with Crippen LogP contribution in [0.1, 0.15) is 33.6 Å². The number of hydrogen-bond donors (Lipinski definition) is 2. The first-order valence-electron chi connectivity index (χ1n) is 7.15. The molecule has 1 atom stereocenters. The summed E-state index contributed by atoms with van der Waals surface area (Å²) in [4.78, 5) is 38.2. The number of aliphatic carboxylic acids is 1. The average Bonchev–Trinajstić information content (AvgIpc) is 2.87. The molecule has 7 heteroatoms. The number of rotatable bonds is 4. The number of hydrogen-bond acceptors (Lipinski definition) is 3. The third-order valence-corrected chi connectivity index (χ3v) is 3.56. The second kappa shape index (κ2) is 6.78. The Hall–Kier alpha value is -1.79. The Balaban J connectivity index is 2.57. The van der Waals surface area contributed by atoms with Gasteiger partial charge in [0.15, 0.2) is 0 Å². The average molecular weight is 299 g/mol. The lowest BCUT2D eigenvalue weighted by Gasteiger charge is -2.30. The van der Waals surface area contributed by atoms with Crippen molar-refractivity contribution in [1.82, 2.24) is 15.1 Å². The second-order valence-electron chi connectivity index (χ2n) is 6.53. The van der Waals surface area contributed by atoms with Crippen LogP contribution in [0.2, 0.25) is 0 Å². The fourth-order valence-electron chi connectivity index (χ4n) is 2.22. The van der Waals surface area contributed by atoms with Crippen LogP contribution >= 0.6 is 0 Å². The number of nitrogens with one attached hydrogen (secondary N) is 1. The van der Waals surface area contributed by atoms with Crippen molar-refractivity contribution in [3.63, 3.8) is 0 Å². The molecule has 7 nitrogen and oxygen atoms in total. The lowest BCUT2D eigenvalue weighted by molar-refractivity contribution is -0.142. The van der Waals surface area contributed by atoms with Crippen molar-refractivity contribution in [1.29, 1.82) is 0 Å². The number of urea groups is 1. The summed E-state index contributed by atoms with van der Waals surface area (Å²) < 4.78 is 0. The summed E-state index contributed by atoms with van der Waals surface area (Å²) in [6, 6.07) is -1.56. The van der Waals surface area contributed by atoms with E-state index in [-0.39, 0.29) is 12.5 Å². The summed E-state index contributed by atoms with van der Waals surface area (Å²) in [6.07, 6.45) is 1.99. The minimum absolute atomic E-state index is 0.0394. The van der Waals surface area contributed by atoms with E-state index in [2.05, 4.69) is 5.32 Å². The molecule has 1 heterocycles. The van der Waals surface area contributed by atoms with Crippen LogP contribution in [0, 0.1) is 5.41 Å². The molecule has 0 aliphatic carbocycles. The van der Waals surface area contributed by atoms with E-state index in [1.54, 1.807) is 25.7 Å². The van der Waals surface area contributed by atoms with Crippen molar-refractivity contribution < 1.29 is 19.5 Å².